The number of H-pyrrole nitrogens is 1. The number of carbonyl (C=O) groups is 2. The molecular formula is C19H18N4O4. The maximum Gasteiger partial charge on any atom is 0.273 e. The van der Waals surface area contributed by atoms with E-state index in [9.17, 15) is 19.2 Å². The zero-order valence-corrected chi connectivity index (χ0v) is 14.9. The van der Waals surface area contributed by atoms with Gasteiger partial charge < -0.3 is 10.2 Å². The molecule has 8 heteroatoms. The first-order valence-corrected chi connectivity index (χ1v) is 8.20. The summed E-state index contributed by atoms with van der Waals surface area (Å²) >= 11 is 0. The van der Waals surface area contributed by atoms with Crippen LogP contribution in [-0.4, -0.2) is 40.6 Å². The van der Waals surface area contributed by atoms with Crippen LogP contribution in [0.15, 0.2) is 58.1 Å². The van der Waals surface area contributed by atoms with Crippen LogP contribution in [0.3, 0.4) is 0 Å². The first-order valence-electron chi connectivity index (χ1n) is 8.20. The second kappa shape index (κ2) is 7.28. The molecule has 0 aliphatic heterocycles. The molecule has 3 rings (SSSR count). The molecule has 2 amide bonds. The van der Waals surface area contributed by atoms with Crippen molar-refractivity contribution in [3.05, 3.63) is 74.8 Å². The lowest BCUT2D eigenvalue weighted by atomic mass is 10.2. The van der Waals surface area contributed by atoms with Crippen molar-refractivity contribution >= 4 is 28.3 Å². The highest BCUT2D eigenvalue weighted by molar-refractivity contribution is 5.97. The third-order valence-electron chi connectivity index (χ3n) is 3.98. The molecule has 27 heavy (non-hydrogen) atoms. The number of aromatic amines is 1. The maximum absolute atomic E-state index is 12.4. The van der Waals surface area contributed by atoms with E-state index in [1.54, 1.807) is 56.6 Å². The Bertz CT molecular complexity index is 1140. The molecule has 2 aromatic carbocycles. The topological polar surface area (TPSA) is 104 Å². The number of aromatic nitrogens is 2. The molecule has 1 aromatic heterocycles. The van der Waals surface area contributed by atoms with Gasteiger partial charge in [-0.3, -0.25) is 24.3 Å². The van der Waals surface area contributed by atoms with Gasteiger partial charge >= 0.3 is 0 Å². The second-order valence-corrected chi connectivity index (χ2v) is 6.21. The Labute approximate surface area is 154 Å². The molecule has 0 radical (unpaired) electrons. The highest BCUT2D eigenvalue weighted by atomic mass is 16.2. The molecule has 0 spiro atoms. The van der Waals surface area contributed by atoms with E-state index in [1.807, 2.05) is 0 Å². The number of hydrogen-bond donors (Lipinski definition) is 2. The van der Waals surface area contributed by atoms with Crippen LogP contribution in [0.2, 0.25) is 0 Å². The summed E-state index contributed by atoms with van der Waals surface area (Å²) in [5, 5.41) is 5.55. The average Bonchev–Trinajstić information content (AvgIpc) is 2.65. The zero-order chi connectivity index (χ0) is 19.6. The average molecular weight is 366 g/mol. The van der Waals surface area contributed by atoms with E-state index in [4.69, 9.17) is 0 Å². The number of hydrogen-bond acceptors (Lipinski definition) is 4. The van der Waals surface area contributed by atoms with Crippen molar-refractivity contribution in [2.45, 2.75) is 6.54 Å². The quantitative estimate of drug-likeness (QED) is 0.720. The van der Waals surface area contributed by atoms with Crippen LogP contribution in [0.4, 0.5) is 5.69 Å². The lowest BCUT2D eigenvalue weighted by Crippen LogP contribution is -2.34. The van der Waals surface area contributed by atoms with Gasteiger partial charge in [-0.2, -0.15) is 0 Å². The largest absolute Gasteiger partial charge is 0.345 e. The lowest BCUT2D eigenvalue weighted by molar-refractivity contribution is -0.117. The fraction of sp³-hybridized carbons (Fsp3) is 0.158. The molecule has 0 fully saturated rings. The molecule has 0 saturated heterocycles. The van der Waals surface area contributed by atoms with Crippen LogP contribution < -0.4 is 16.4 Å². The van der Waals surface area contributed by atoms with Crippen molar-refractivity contribution in [1.29, 1.82) is 0 Å². The molecule has 0 bridgehead atoms. The van der Waals surface area contributed by atoms with Crippen LogP contribution >= 0.6 is 0 Å². The molecule has 138 valence electrons. The summed E-state index contributed by atoms with van der Waals surface area (Å²) in [5.74, 6) is -0.696. The predicted molar refractivity (Wildman–Crippen MR) is 102 cm³/mol. The van der Waals surface area contributed by atoms with E-state index in [2.05, 4.69) is 10.4 Å². The number of nitrogens with zero attached hydrogens (tertiary/aromatic N) is 2. The van der Waals surface area contributed by atoms with Crippen molar-refractivity contribution in [1.82, 2.24) is 14.7 Å². The fourth-order valence-corrected chi connectivity index (χ4v) is 2.69. The van der Waals surface area contributed by atoms with E-state index in [-0.39, 0.29) is 23.2 Å². The number of anilines is 1. The number of amides is 2. The number of fused-ring (bicyclic) bond motifs is 1. The van der Waals surface area contributed by atoms with Crippen molar-refractivity contribution in [3.8, 4) is 0 Å². The van der Waals surface area contributed by atoms with Gasteiger partial charge in [0.25, 0.3) is 17.0 Å². The Kier molecular flexibility index (Phi) is 4.89. The standard InChI is InChI=1S/C19H18N4O4/c1-22(2)18(26)12-6-5-7-13(10-12)20-16(24)11-23-19(27)15-9-4-3-8-14(15)17(25)21-23/h3-10H,11H2,1-2H3,(H,20,24)(H,21,25). The Morgan fingerprint density at radius 1 is 1.04 bits per heavy atom. The third-order valence-corrected chi connectivity index (χ3v) is 3.98. The van der Waals surface area contributed by atoms with E-state index in [0.29, 0.717) is 11.3 Å². The van der Waals surface area contributed by atoms with Crippen LogP contribution in [-0.2, 0) is 11.3 Å². The van der Waals surface area contributed by atoms with Gasteiger partial charge in [0, 0.05) is 25.3 Å². The van der Waals surface area contributed by atoms with Gasteiger partial charge in [0.1, 0.15) is 6.54 Å². The molecular weight excluding hydrogens is 348 g/mol. The minimum Gasteiger partial charge on any atom is -0.345 e. The van der Waals surface area contributed by atoms with Crippen LogP contribution in [0, 0.1) is 0 Å². The predicted octanol–water partition coefficient (Wildman–Crippen LogP) is 1.03. The molecule has 1 heterocycles. The molecule has 2 N–H and O–H groups in total. The van der Waals surface area contributed by atoms with Gasteiger partial charge in [0.05, 0.1) is 10.8 Å². The van der Waals surface area contributed by atoms with Gasteiger partial charge in [-0.1, -0.05) is 18.2 Å². The van der Waals surface area contributed by atoms with E-state index in [0.717, 1.165) is 4.68 Å². The molecule has 8 nitrogen and oxygen atoms in total. The summed E-state index contributed by atoms with van der Waals surface area (Å²) in [6, 6.07) is 12.9. The SMILES string of the molecule is CN(C)C(=O)c1cccc(NC(=O)Cn2[nH]c(=O)c3ccccc3c2=O)c1. The van der Waals surface area contributed by atoms with Crippen molar-refractivity contribution in [2.75, 3.05) is 19.4 Å². The smallest absolute Gasteiger partial charge is 0.273 e. The first kappa shape index (κ1) is 18.1. The van der Waals surface area contributed by atoms with E-state index < -0.39 is 17.0 Å². The molecule has 0 atom stereocenters. The summed E-state index contributed by atoms with van der Waals surface area (Å²) < 4.78 is 0.967. The number of benzene rings is 2. The summed E-state index contributed by atoms with van der Waals surface area (Å²) in [6.07, 6.45) is 0. The normalized spacial score (nSPS) is 10.6. The Balaban J connectivity index is 1.83. The summed E-state index contributed by atoms with van der Waals surface area (Å²) in [4.78, 5) is 50.3. The Hall–Kier alpha value is -3.68. The molecule has 0 aliphatic carbocycles. The van der Waals surface area contributed by atoms with Gasteiger partial charge in [-0.15, -0.1) is 0 Å². The lowest BCUT2D eigenvalue weighted by Gasteiger charge is -2.12. The van der Waals surface area contributed by atoms with Gasteiger partial charge in [-0.05, 0) is 30.3 Å². The van der Waals surface area contributed by atoms with Crippen molar-refractivity contribution in [2.24, 2.45) is 0 Å². The van der Waals surface area contributed by atoms with Crippen LogP contribution in [0.5, 0.6) is 0 Å². The Morgan fingerprint density at radius 2 is 1.74 bits per heavy atom. The summed E-state index contributed by atoms with van der Waals surface area (Å²) in [5.41, 5.74) is -0.0635. The van der Waals surface area contributed by atoms with Crippen LogP contribution in [0.25, 0.3) is 10.8 Å². The molecule has 0 saturated carbocycles. The van der Waals surface area contributed by atoms with Crippen molar-refractivity contribution < 1.29 is 9.59 Å². The van der Waals surface area contributed by atoms with E-state index >= 15 is 0 Å². The monoisotopic (exact) mass is 366 g/mol. The highest BCUT2D eigenvalue weighted by Gasteiger charge is 2.12. The minimum atomic E-state index is -0.502. The molecule has 3 aromatic rings. The van der Waals surface area contributed by atoms with Gasteiger partial charge in [-0.25, -0.2) is 4.68 Å². The first-order chi connectivity index (χ1) is 12.9. The highest BCUT2D eigenvalue weighted by Crippen LogP contribution is 2.12. The van der Waals surface area contributed by atoms with Crippen LogP contribution in [0.1, 0.15) is 10.4 Å². The van der Waals surface area contributed by atoms with Crippen molar-refractivity contribution in [3.63, 3.8) is 0 Å². The third kappa shape index (κ3) is 3.79. The number of nitrogens with one attached hydrogen (secondary N) is 2. The van der Waals surface area contributed by atoms with Gasteiger partial charge in [0.15, 0.2) is 0 Å². The molecule has 0 unspecified atom stereocenters. The summed E-state index contributed by atoms with van der Waals surface area (Å²) in [6.45, 7) is -0.356. The Morgan fingerprint density at radius 3 is 2.44 bits per heavy atom. The van der Waals surface area contributed by atoms with E-state index in [1.165, 1.54) is 11.0 Å². The maximum atomic E-state index is 12.4. The molecule has 0 aliphatic rings. The minimum absolute atomic E-state index is 0.193. The zero-order valence-electron chi connectivity index (χ0n) is 14.9. The second-order valence-electron chi connectivity index (χ2n) is 6.21. The van der Waals surface area contributed by atoms with Gasteiger partial charge in [0.2, 0.25) is 5.91 Å². The number of rotatable bonds is 4. The summed E-state index contributed by atoms with van der Waals surface area (Å²) in [7, 11) is 3.27. The fourth-order valence-electron chi connectivity index (χ4n) is 2.69. The number of carbonyl (C=O) groups excluding carboxylic acids is 2.